The molecule has 132 valence electrons. The van der Waals surface area contributed by atoms with Crippen LogP contribution in [-0.2, 0) is 4.79 Å². The summed E-state index contributed by atoms with van der Waals surface area (Å²) in [6.45, 7) is 1.57. The van der Waals surface area contributed by atoms with Gasteiger partial charge in [0.15, 0.2) is 6.61 Å². The van der Waals surface area contributed by atoms with Gasteiger partial charge in [0.05, 0.1) is 0 Å². The Hall–Kier alpha value is -3.01. The van der Waals surface area contributed by atoms with Crippen LogP contribution in [0.3, 0.4) is 0 Å². The average Bonchev–Trinajstić information content (AvgIpc) is 3.15. The molecule has 0 saturated carbocycles. The number of rotatable bonds is 5. The third-order valence-corrected chi connectivity index (χ3v) is 4.77. The number of hydrogen-bond acceptors (Lipinski definition) is 3. The van der Waals surface area contributed by atoms with E-state index >= 15 is 0 Å². The maximum atomic E-state index is 12.5. The van der Waals surface area contributed by atoms with Gasteiger partial charge < -0.3 is 15.0 Å². The number of amides is 1. The maximum Gasteiger partial charge on any atom is 0.260 e. The van der Waals surface area contributed by atoms with Crippen molar-refractivity contribution in [1.82, 2.24) is 4.90 Å². The number of ether oxygens (including phenoxy) is 1. The summed E-state index contributed by atoms with van der Waals surface area (Å²) >= 11 is 0. The van der Waals surface area contributed by atoms with Gasteiger partial charge in [-0.3, -0.25) is 4.79 Å². The van der Waals surface area contributed by atoms with E-state index in [4.69, 9.17) is 4.74 Å². The van der Waals surface area contributed by atoms with Crippen LogP contribution >= 0.6 is 0 Å². The Morgan fingerprint density at radius 2 is 1.77 bits per heavy atom. The molecule has 1 unspecified atom stereocenters. The number of carbonyl (C=O) groups is 1. The van der Waals surface area contributed by atoms with Gasteiger partial charge in [0.1, 0.15) is 5.75 Å². The van der Waals surface area contributed by atoms with Crippen molar-refractivity contribution in [3.05, 3.63) is 72.8 Å². The summed E-state index contributed by atoms with van der Waals surface area (Å²) < 4.78 is 5.73. The smallest absolute Gasteiger partial charge is 0.260 e. The number of hydrogen-bond donors (Lipinski definition) is 1. The largest absolute Gasteiger partial charge is 0.484 e. The van der Waals surface area contributed by atoms with Crippen molar-refractivity contribution >= 4 is 22.4 Å². The van der Waals surface area contributed by atoms with E-state index in [1.807, 2.05) is 71.6 Å². The summed E-state index contributed by atoms with van der Waals surface area (Å²) in [5.41, 5.74) is 1.10. The molecule has 1 aliphatic rings. The van der Waals surface area contributed by atoms with Crippen molar-refractivity contribution in [1.29, 1.82) is 0 Å². The van der Waals surface area contributed by atoms with Crippen molar-refractivity contribution in [2.75, 3.05) is 25.0 Å². The quantitative estimate of drug-likeness (QED) is 0.761. The van der Waals surface area contributed by atoms with Crippen LogP contribution in [0.4, 0.5) is 5.69 Å². The molecule has 0 radical (unpaired) electrons. The molecule has 0 spiro atoms. The van der Waals surface area contributed by atoms with Crippen molar-refractivity contribution in [3.63, 3.8) is 0 Å². The second-order valence-corrected chi connectivity index (χ2v) is 6.63. The predicted molar refractivity (Wildman–Crippen MR) is 104 cm³/mol. The van der Waals surface area contributed by atoms with E-state index in [-0.39, 0.29) is 12.5 Å². The normalized spacial score (nSPS) is 16.6. The summed E-state index contributed by atoms with van der Waals surface area (Å²) in [6, 6.07) is 24.5. The van der Waals surface area contributed by atoms with Crippen molar-refractivity contribution in [2.24, 2.45) is 0 Å². The number of nitrogens with zero attached hydrogens (tertiary/aromatic N) is 1. The minimum absolute atomic E-state index is 0.0375. The number of likely N-dealkylation sites (tertiary alicyclic amines) is 1. The highest BCUT2D eigenvalue weighted by atomic mass is 16.5. The zero-order valence-electron chi connectivity index (χ0n) is 14.6. The number of anilines is 1. The highest BCUT2D eigenvalue weighted by Gasteiger charge is 2.26. The Morgan fingerprint density at radius 3 is 2.62 bits per heavy atom. The SMILES string of the molecule is O=C(COc1ccc2ccccc2c1)N1CCC(Nc2ccccc2)C1. The zero-order valence-corrected chi connectivity index (χ0v) is 14.6. The molecule has 1 fully saturated rings. The molecule has 0 aromatic heterocycles. The molecule has 4 heteroatoms. The molecular weight excluding hydrogens is 324 g/mol. The van der Waals surface area contributed by atoms with Crippen LogP contribution in [-0.4, -0.2) is 36.5 Å². The molecule has 1 N–H and O–H groups in total. The van der Waals surface area contributed by atoms with Crippen molar-refractivity contribution in [2.45, 2.75) is 12.5 Å². The van der Waals surface area contributed by atoms with Crippen LogP contribution in [0, 0.1) is 0 Å². The van der Waals surface area contributed by atoms with E-state index < -0.39 is 0 Å². The molecule has 3 aromatic rings. The first-order chi connectivity index (χ1) is 12.8. The van der Waals surface area contributed by atoms with Crippen LogP contribution < -0.4 is 10.1 Å². The number of para-hydroxylation sites is 1. The van der Waals surface area contributed by atoms with Gasteiger partial charge in [0.25, 0.3) is 5.91 Å². The van der Waals surface area contributed by atoms with Gasteiger partial charge in [-0.25, -0.2) is 0 Å². The second kappa shape index (κ2) is 7.48. The Labute approximate surface area is 153 Å². The summed E-state index contributed by atoms with van der Waals surface area (Å²) in [5.74, 6) is 0.769. The van der Waals surface area contributed by atoms with Gasteiger partial charge in [-0.2, -0.15) is 0 Å². The molecule has 0 aliphatic carbocycles. The van der Waals surface area contributed by atoms with E-state index in [1.54, 1.807) is 0 Å². The molecule has 1 aliphatic heterocycles. The first-order valence-corrected chi connectivity index (χ1v) is 8.99. The number of nitrogens with one attached hydrogen (secondary N) is 1. The monoisotopic (exact) mass is 346 g/mol. The lowest BCUT2D eigenvalue weighted by atomic mass is 10.1. The molecule has 1 amide bonds. The minimum atomic E-state index is 0.0375. The fraction of sp³-hybridized carbons (Fsp3) is 0.227. The molecule has 3 aromatic carbocycles. The maximum absolute atomic E-state index is 12.5. The van der Waals surface area contributed by atoms with E-state index in [0.29, 0.717) is 6.04 Å². The highest BCUT2D eigenvalue weighted by Crippen LogP contribution is 2.21. The van der Waals surface area contributed by atoms with E-state index in [2.05, 4.69) is 11.4 Å². The van der Waals surface area contributed by atoms with Gasteiger partial charge in [0, 0.05) is 24.8 Å². The molecule has 1 heterocycles. The number of benzene rings is 3. The van der Waals surface area contributed by atoms with Gasteiger partial charge in [-0.15, -0.1) is 0 Å². The average molecular weight is 346 g/mol. The van der Waals surface area contributed by atoms with Crippen LogP contribution in [0.5, 0.6) is 5.75 Å². The molecule has 26 heavy (non-hydrogen) atoms. The van der Waals surface area contributed by atoms with Crippen molar-refractivity contribution < 1.29 is 9.53 Å². The number of carbonyl (C=O) groups excluding carboxylic acids is 1. The highest BCUT2D eigenvalue weighted by molar-refractivity contribution is 5.84. The summed E-state index contributed by atoms with van der Waals surface area (Å²) in [4.78, 5) is 14.3. The molecule has 4 rings (SSSR count). The summed E-state index contributed by atoms with van der Waals surface area (Å²) in [7, 11) is 0. The third kappa shape index (κ3) is 3.80. The first kappa shape index (κ1) is 16.5. The lowest BCUT2D eigenvalue weighted by molar-refractivity contribution is -0.132. The Bertz CT molecular complexity index is 895. The Balaban J connectivity index is 1.30. The Morgan fingerprint density at radius 1 is 1.00 bits per heavy atom. The van der Waals surface area contributed by atoms with Crippen LogP contribution in [0.25, 0.3) is 10.8 Å². The third-order valence-electron chi connectivity index (χ3n) is 4.77. The van der Waals surface area contributed by atoms with Gasteiger partial charge >= 0.3 is 0 Å². The molecule has 0 bridgehead atoms. The zero-order chi connectivity index (χ0) is 17.8. The number of fused-ring (bicyclic) bond motifs is 1. The van der Waals surface area contributed by atoms with E-state index in [0.717, 1.165) is 36.3 Å². The first-order valence-electron chi connectivity index (χ1n) is 8.99. The van der Waals surface area contributed by atoms with Crippen LogP contribution in [0.1, 0.15) is 6.42 Å². The van der Waals surface area contributed by atoms with Gasteiger partial charge in [0.2, 0.25) is 0 Å². The van der Waals surface area contributed by atoms with Crippen molar-refractivity contribution in [3.8, 4) is 5.75 Å². The topological polar surface area (TPSA) is 41.6 Å². The molecule has 1 saturated heterocycles. The summed E-state index contributed by atoms with van der Waals surface area (Å²) in [5, 5.41) is 5.77. The molecule has 4 nitrogen and oxygen atoms in total. The fourth-order valence-corrected chi connectivity index (χ4v) is 3.37. The fourth-order valence-electron chi connectivity index (χ4n) is 3.37. The van der Waals surface area contributed by atoms with E-state index in [1.165, 1.54) is 5.39 Å². The van der Waals surface area contributed by atoms with Crippen LogP contribution in [0.15, 0.2) is 72.8 Å². The standard InChI is InChI=1S/C22H22N2O2/c25-22(16-26-21-11-10-17-6-4-5-7-18(17)14-21)24-13-12-20(15-24)23-19-8-2-1-3-9-19/h1-11,14,20,23H,12-13,15-16H2. The van der Waals surface area contributed by atoms with Crippen LogP contribution in [0.2, 0.25) is 0 Å². The minimum Gasteiger partial charge on any atom is -0.484 e. The molecule has 1 atom stereocenters. The molecular formula is C22H22N2O2. The lowest BCUT2D eigenvalue weighted by Crippen LogP contribution is -2.34. The summed E-state index contributed by atoms with van der Waals surface area (Å²) in [6.07, 6.45) is 0.955. The van der Waals surface area contributed by atoms with Gasteiger partial charge in [-0.1, -0.05) is 48.5 Å². The predicted octanol–water partition coefficient (Wildman–Crippen LogP) is 3.93. The van der Waals surface area contributed by atoms with E-state index in [9.17, 15) is 4.79 Å². The Kier molecular flexibility index (Phi) is 4.73. The lowest BCUT2D eigenvalue weighted by Gasteiger charge is -2.18. The van der Waals surface area contributed by atoms with Gasteiger partial charge in [-0.05, 0) is 41.5 Å². The second-order valence-electron chi connectivity index (χ2n) is 6.63.